The Balaban J connectivity index is 1.96. The molecule has 3 amide bonds. The van der Waals surface area contributed by atoms with Crippen LogP contribution in [0.1, 0.15) is 6.42 Å². The molecular formula is C21H16F5N3O7. The molecule has 2 aromatic carbocycles. The van der Waals surface area contributed by atoms with E-state index in [0.29, 0.717) is 0 Å². The normalized spacial score (nSPS) is 11.2. The highest BCUT2D eigenvalue weighted by molar-refractivity contribution is 6.39. The Morgan fingerprint density at radius 1 is 0.889 bits per heavy atom. The van der Waals surface area contributed by atoms with E-state index in [-0.39, 0.29) is 11.8 Å². The molecular weight excluding hydrogens is 501 g/mol. The Morgan fingerprint density at radius 3 is 2.08 bits per heavy atom. The maximum absolute atomic E-state index is 13.6. The van der Waals surface area contributed by atoms with E-state index in [4.69, 9.17) is 5.11 Å². The lowest BCUT2D eigenvalue weighted by molar-refractivity contribution is -0.140. The van der Waals surface area contributed by atoms with E-state index in [1.807, 2.05) is 16.0 Å². The van der Waals surface area contributed by atoms with Crippen molar-refractivity contribution in [2.45, 2.75) is 12.5 Å². The molecule has 0 radical (unpaired) electrons. The summed E-state index contributed by atoms with van der Waals surface area (Å²) in [6.07, 6.45) is -1.04. The van der Waals surface area contributed by atoms with E-state index in [0.717, 1.165) is 12.1 Å². The Morgan fingerprint density at radius 2 is 1.50 bits per heavy atom. The number of para-hydroxylation sites is 1. The SMILES string of the molecule is O=C(O)C[C@H](NC(=O)CNC(=O)C(=O)Nc1ccccc1F)C(=O)COc1c(F)c(F)cc(F)c1F. The van der Waals surface area contributed by atoms with Gasteiger partial charge < -0.3 is 25.8 Å². The Hall–Kier alpha value is -4.56. The number of carbonyl (C=O) groups excluding carboxylic acids is 4. The Kier molecular flexibility index (Phi) is 9.41. The first kappa shape index (κ1) is 27.7. The first-order valence-electron chi connectivity index (χ1n) is 9.74. The number of aliphatic carboxylic acids is 1. The van der Waals surface area contributed by atoms with E-state index >= 15 is 0 Å². The molecule has 2 rings (SSSR count). The lowest BCUT2D eigenvalue weighted by Crippen LogP contribution is -2.49. The zero-order valence-corrected chi connectivity index (χ0v) is 17.9. The fourth-order valence-corrected chi connectivity index (χ4v) is 2.57. The number of anilines is 1. The van der Waals surface area contributed by atoms with Gasteiger partial charge in [0, 0.05) is 6.07 Å². The average Bonchev–Trinajstić information content (AvgIpc) is 2.81. The third-order valence-electron chi connectivity index (χ3n) is 4.27. The standard InChI is InChI=1S/C21H16F5N3O7/c22-9-3-1-2-4-12(9)29-21(35)20(34)27-7-15(31)28-13(6-16(32)33)14(30)8-36-19-17(25)10(23)5-11(24)18(19)26/h1-5,13H,6-8H2,(H,27,34)(H,28,31)(H,29,35)(H,32,33)/t13-/m0/s1. The number of carboxylic acids is 1. The number of carboxylic acid groups (broad SMARTS) is 1. The number of hydrogen-bond acceptors (Lipinski definition) is 6. The topological polar surface area (TPSA) is 151 Å². The van der Waals surface area contributed by atoms with Crippen LogP contribution in [0.4, 0.5) is 27.6 Å². The molecule has 1 atom stereocenters. The third kappa shape index (κ3) is 7.48. The summed E-state index contributed by atoms with van der Waals surface area (Å²) in [6.45, 7) is -2.24. The number of halogens is 5. The number of rotatable bonds is 10. The number of nitrogens with one attached hydrogen (secondary N) is 3. The summed E-state index contributed by atoms with van der Waals surface area (Å²) in [6, 6.07) is 2.92. The predicted octanol–water partition coefficient (Wildman–Crippen LogP) is 1.04. The van der Waals surface area contributed by atoms with Crippen molar-refractivity contribution in [1.29, 1.82) is 0 Å². The first-order valence-corrected chi connectivity index (χ1v) is 9.74. The summed E-state index contributed by atoms with van der Waals surface area (Å²) in [5.74, 6) is -16.7. The maximum Gasteiger partial charge on any atom is 0.313 e. The average molecular weight is 517 g/mol. The molecule has 0 aliphatic rings. The summed E-state index contributed by atoms with van der Waals surface area (Å²) in [5, 5.41) is 14.6. The molecule has 0 aliphatic carbocycles. The molecule has 36 heavy (non-hydrogen) atoms. The minimum atomic E-state index is -1.95. The largest absolute Gasteiger partial charge is 0.481 e. The van der Waals surface area contributed by atoms with Crippen LogP contribution in [-0.4, -0.2) is 53.8 Å². The van der Waals surface area contributed by atoms with Gasteiger partial charge >= 0.3 is 17.8 Å². The van der Waals surface area contributed by atoms with Crippen molar-refractivity contribution >= 4 is 35.2 Å². The molecule has 0 unspecified atom stereocenters. The fraction of sp³-hybridized carbons (Fsp3) is 0.190. The molecule has 0 heterocycles. The van der Waals surface area contributed by atoms with E-state index in [2.05, 4.69) is 4.74 Å². The molecule has 2 aromatic rings. The molecule has 0 bridgehead atoms. The van der Waals surface area contributed by atoms with Crippen LogP contribution in [0.25, 0.3) is 0 Å². The van der Waals surface area contributed by atoms with E-state index in [9.17, 15) is 45.9 Å². The van der Waals surface area contributed by atoms with Gasteiger partial charge in [-0.15, -0.1) is 0 Å². The summed E-state index contributed by atoms with van der Waals surface area (Å²) in [4.78, 5) is 58.9. The molecule has 0 fully saturated rings. The highest BCUT2D eigenvalue weighted by Crippen LogP contribution is 2.26. The van der Waals surface area contributed by atoms with Gasteiger partial charge in [-0.25, -0.2) is 13.2 Å². The van der Waals surface area contributed by atoms with Crippen LogP contribution in [0.5, 0.6) is 5.75 Å². The zero-order chi connectivity index (χ0) is 27.0. The van der Waals surface area contributed by atoms with Gasteiger partial charge in [0.05, 0.1) is 18.7 Å². The van der Waals surface area contributed by atoms with E-state index in [1.54, 1.807) is 0 Å². The summed E-state index contributed by atoms with van der Waals surface area (Å²) >= 11 is 0. The summed E-state index contributed by atoms with van der Waals surface area (Å²) in [7, 11) is 0. The van der Waals surface area contributed by atoms with Gasteiger partial charge in [-0.05, 0) is 12.1 Å². The summed E-state index contributed by atoms with van der Waals surface area (Å²) in [5.41, 5.74) is -0.319. The number of hydrogen-bond donors (Lipinski definition) is 4. The number of amides is 3. The molecule has 10 nitrogen and oxygen atoms in total. The van der Waals surface area contributed by atoms with Gasteiger partial charge in [-0.1, -0.05) is 12.1 Å². The summed E-state index contributed by atoms with van der Waals surface area (Å²) < 4.78 is 71.7. The fourth-order valence-electron chi connectivity index (χ4n) is 2.57. The van der Waals surface area contributed by atoms with Crippen molar-refractivity contribution in [3.05, 3.63) is 59.4 Å². The van der Waals surface area contributed by atoms with Crippen LogP contribution in [-0.2, 0) is 24.0 Å². The van der Waals surface area contributed by atoms with E-state index in [1.165, 1.54) is 12.1 Å². The van der Waals surface area contributed by atoms with Crippen LogP contribution >= 0.6 is 0 Å². The molecule has 192 valence electrons. The highest BCUT2D eigenvalue weighted by atomic mass is 19.2. The zero-order valence-electron chi connectivity index (χ0n) is 17.9. The maximum atomic E-state index is 13.6. The predicted molar refractivity (Wildman–Crippen MR) is 109 cm³/mol. The number of ketones is 1. The number of Topliss-reactive ketones (excluding diaryl/α,β-unsaturated/α-hetero) is 1. The third-order valence-corrected chi connectivity index (χ3v) is 4.27. The van der Waals surface area contributed by atoms with Crippen molar-refractivity contribution in [2.75, 3.05) is 18.5 Å². The number of ether oxygens (including phenoxy) is 1. The van der Waals surface area contributed by atoms with Crippen LogP contribution in [0.3, 0.4) is 0 Å². The molecule has 0 saturated heterocycles. The van der Waals surface area contributed by atoms with Crippen molar-refractivity contribution < 1.29 is 55.8 Å². The molecule has 0 aromatic heterocycles. The van der Waals surface area contributed by atoms with Crippen molar-refractivity contribution in [3.8, 4) is 5.75 Å². The van der Waals surface area contributed by atoms with Crippen LogP contribution in [0, 0.1) is 29.1 Å². The van der Waals surface area contributed by atoms with Gasteiger partial charge in [-0.2, -0.15) is 8.78 Å². The van der Waals surface area contributed by atoms with Gasteiger partial charge in [-0.3, -0.25) is 24.0 Å². The van der Waals surface area contributed by atoms with Crippen molar-refractivity contribution in [1.82, 2.24) is 10.6 Å². The first-order chi connectivity index (χ1) is 16.9. The lowest BCUT2D eigenvalue weighted by Gasteiger charge is -2.17. The number of benzene rings is 2. The van der Waals surface area contributed by atoms with Crippen LogP contribution in [0.15, 0.2) is 30.3 Å². The van der Waals surface area contributed by atoms with Gasteiger partial charge in [0.15, 0.2) is 23.2 Å². The Labute approximate surface area is 198 Å². The van der Waals surface area contributed by atoms with E-state index < -0.39 is 89.9 Å². The minimum Gasteiger partial charge on any atom is -0.481 e. The second-order valence-corrected chi connectivity index (χ2v) is 6.89. The smallest absolute Gasteiger partial charge is 0.313 e. The van der Waals surface area contributed by atoms with Gasteiger partial charge in [0.25, 0.3) is 0 Å². The highest BCUT2D eigenvalue weighted by Gasteiger charge is 2.27. The molecule has 0 saturated carbocycles. The van der Waals surface area contributed by atoms with Crippen LogP contribution < -0.4 is 20.7 Å². The molecule has 0 aliphatic heterocycles. The quantitative estimate of drug-likeness (QED) is 0.209. The Bertz CT molecular complexity index is 1180. The second kappa shape index (κ2) is 12.2. The number of carbonyl (C=O) groups is 5. The molecule has 15 heteroatoms. The van der Waals surface area contributed by atoms with Gasteiger partial charge in [0.1, 0.15) is 18.5 Å². The molecule has 0 spiro atoms. The molecule has 4 N–H and O–H groups in total. The second-order valence-electron chi connectivity index (χ2n) is 6.89. The van der Waals surface area contributed by atoms with Crippen molar-refractivity contribution in [2.24, 2.45) is 0 Å². The van der Waals surface area contributed by atoms with Crippen molar-refractivity contribution in [3.63, 3.8) is 0 Å². The van der Waals surface area contributed by atoms with Gasteiger partial charge in [0.2, 0.25) is 17.5 Å². The van der Waals surface area contributed by atoms with Crippen LogP contribution in [0.2, 0.25) is 0 Å². The minimum absolute atomic E-state index is 0.0995. The monoisotopic (exact) mass is 517 g/mol. The lowest BCUT2D eigenvalue weighted by atomic mass is 10.1.